The minimum Gasteiger partial charge on any atom is -0.506 e. The molecule has 0 aliphatic rings. The van der Waals surface area contributed by atoms with Crippen molar-refractivity contribution in [1.82, 2.24) is 0 Å². The molecule has 0 aliphatic heterocycles. The minimum atomic E-state index is 0.234. The van der Waals surface area contributed by atoms with Crippen molar-refractivity contribution < 1.29 is 10.2 Å². The highest BCUT2D eigenvalue weighted by Gasteiger charge is 2.12. The van der Waals surface area contributed by atoms with Gasteiger partial charge >= 0.3 is 0 Å². The number of phenols is 1. The minimum absolute atomic E-state index is 0.234. The second-order valence-electron chi connectivity index (χ2n) is 2.59. The fourth-order valence-corrected chi connectivity index (χ4v) is 3.12. The van der Waals surface area contributed by atoms with Crippen LogP contribution in [0.5, 0.6) is 10.8 Å². The van der Waals surface area contributed by atoms with Gasteiger partial charge in [-0.2, -0.15) is 0 Å². The van der Waals surface area contributed by atoms with Crippen molar-refractivity contribution >= 4 is 33.2 Å². The van der Waals surface area contributed by atoms with Crippen LogP contribution in [0, 0.1) is 0 Å². The van der Waals surface area contributed by atoms with E-state index in [0.29, 0.717) is 0 Å². The number of hydrogen-bond donors (Lipinski definition) is 2. The Hall–Kier alpha value is -0.870. The van der Waals surface area contributed by atoms with Crippen LogP contribution in [0.2, 0.25) is 0 Å². The molecule has 0 fully saturated rings. The van der Waals surface area contributed by atoms with Crippen LogP contribution < -0.4 is 0 Å². The molecule has 2 N–H and O–H groups in total. The van der Waals surface area contributed by atoms with Crippen LogP contribution in [-0.2, 0) is 0 Å². The quantitative estimate of drug-likeness (QED) is 0.714. The van der Waals surface area contributed by atoms with Crippen LogP contribution in [0.15, 0.2) is 23.1 Å². The number of fused-ring (bicyclic) bond motifs is 1. The number of thiophene rings is 1. The van der Waals surface area contributed by atoms with E-state index in [1.54, 1.807) is 12.1 Å². The lowest BCUT2D eigenvalue weighted by molar-refractivity contribution is 0.480. The van der Waals surface area contributed by atoms with Gasteiger partial charge in [-0.05, 0) is 12.3 Å². The molecule has 2 aromatic rings. The Morgan fingerprint density at radius 2 is 2.08 bits per heavy atom. The second-order valence-corrected chi connectivity index (χ2v) is 4.41. The standard InChI is InChI=1S/C9H8O2S2/c1-12-8-5-3-2-4-6(10)7(5)13-9(8)11/h2-4,10-11H,1H3. The monoisotopic (exact) mass is 212 g/mol. The molecule has 0 saturated heterocycles. The third-order valence-corrected chi connectivity index (χ3v) is 3.82. The topological polar surface area (TPSA) is 40.5 Å². The van der Waals surface area contributed by atoms with Gasteiger partial charge in [0.2, 0.25) is 0 Å². The van der Waals surface area contributed by atoms with Crippen molar-refractivity contribution in [3.8, 4) is 10.8 Å². The van der Waals surface area contributed by atoms with Gasteiger partial charge in [0.05, 0.1) is 9.60 Å². The fourth-order valence-electron chi connectivity index (χ4n) is 1.27. The molecule has 0 bridgehead atoms. The maximum absolute atomic E-state index is 9.55. The van der Waals surface area contributed by atoms with Crippen LogP contribution in [-0.4, -0.2) is 16.5 Å². The van der Waals surface area contributed by atoms with Crippen molar-refractivity contribution in [2.75, 3.05) is 6.26 Å². The first kappa shape index (κ1) is 8.72. The van der Waals surface area contributed by atoms with Gasteiger partial charge in [0.1, 0.15) is 5.75 Å². The predicted octanol–water partition coefficient (Wildman–Crippen LogP) is 3.03. The molecule has 0 saturated carbocycles. The van der Waals surface area contributed by atoms with E-state index in [1.807, 2.05) is 12.3 Å². The molecule has 2 nitrogen and oxygen atoms in total. The highest BCUT2D eigenvalue weighted by atomic mass is 32.2. The number of rotatable bonds is 1. The largest absolute Gasteiger partial charge is 0.506 e. The van der Waals surface area contributed by atoms with E-state index in [4.69, 9.17) is 0 Å². The molecular formula is C9H8O2S2. The molecule has 0 radical (unpaired) electrons. The maximum atomic E-state index is 9.55. The molecule has 0 aliphatic carbocycles. The van der Waals surface area contributed by atoms with Gasteiger partial charge < -0.3 is 10.2 Å². The number of aromatic hydroxyl groups is 2. The summed E-state index contributed by atoms with van der Waals surface area (Å²) >= 11 is 2.70. The zero-order valence-corrected chi connectivity index (χ0v) is 8.58. The molecule has 1 heterocycles. The number of thioether (sulfide) groups is 1. The summed E-state index contributed by atoms with van der Waals surface area (Å²) in [5.41, 5.74) is 0. The van der Waals surface area contributed by atoms with Crippen LogP contribution in [0.25, 0.3) is 10.1 Å². The lowest BCUT2D eigenvalue weighted by atomic mass is 10.2. The van der Waals surface area contributed by atoms with E-state index in [1.165, 1.54) is 23.1 Å². The first-order valence-electron chi connectivity index (χ1n) is 3.71. The van der Waals surface area contributed by atoms with Gasteiger partial charge in [0.25, 0.3) is 0 Å². The van der Waals surface area contributed by atoms with Gasteiger partial charge in [0.15, 0.2) is 5.06 Å². The first-order valence-corrected chi connectivity index (χ1v) is 5.75. The van der Waals surface area contributed by atoms with Gasteiger partial charge in [-0.3, -0.25) is 0 Å². The Labute approximate surface area is 83.8 Å². The molecule has 1 aromatic carbocycles. The van der Waals surface area contributed by atoms with Crippen molar-refractivity contribution in [2.45, 2.75) is 4.90 Å². The molecule has 0 amide bonds. The van der Waals surface area contributed by atoms with Crippen LogP contribution >= 0.6 is 23.1 Å². The molecular weight excluding hydrogens is 204 g/mol. The highest BCUT2D eigenvalue weighted by molar-refractivity contribution is 7.99. The average Bonchev–Trinajstić information content (AvgIpc) is 2.43. The number of phenolic OH excluding ortho intramolecular Hbond substituents is 1. The summed E-state index contributed by atoms with van der Waals surface area (Å²) in [7, 11) is 0. The summed E-state index contributed by atoms with van der Waals surface area (Å²) in [6, 6.07) is 5.31. The van der Waals surface area contributed by atoms with Crippen LogP contribution in [0.3, 0.4) is 0 Å². The lowest BCUT2D eigenvalue weighted by Crippen LogP contribution is -1.67. The summed E-state index contributed by atoms with van der Waals surface area (Å²) in [4.78, 5) is 0.843. The van der Waals surface area contributed by atoms with E-state index >= 15 is 0 Å². The summed E-state index contributed by atoms with van der Waals surface area (Å²) < 4.78 is 0.754. The molecule has 68 valence electrons. The Balaban J connectivity index is 2.86. The maximum Gasteiger partial charge on any atom is 0.186 e. The van der Waals surface area contributed by atoms with Gasteiger partial charge in [0, 0.05) is 5.39 Å². The van der Waals surface area contributed by atoms with Crippen molar-refractivity contribution in [1.29, 1.82) is 0 Å². The van der Waals surface area contributed by atoms with Gasteiger partial charge in [-0.25, -0.2) is 0 Å². The van der Waals surface area contributed by atoms with E-state index in [0.717, 1.165) is 15.0 Å². The van der Waals surface area contributed by atoms with Crippen molar-refractivity contribution in [2.24, 2.45) is 0 Å². The third kappa shape index (κ3) is 1.26. The van der Waals surface area contributed by atoms with E-state index in [9.17, 15) is 10.2 Å². The van der Waals surface area contributed by atoms with Gasteiger partial charge in [-0.1, -0.05) is 23.5 Å². The Bertz CT molecular complexity index is 448. The van der Waals surface area contributed by atoms with E-state index < -0.39 is 0 Å². The predicted molar refractivity (Wildman–Crippen MR) is 56.9 cm³/mol. The number of hydrogen-bond acceptors (Lipinski definition) is 4. The van der Waals surface area contributed by atoms with E-state index in [2.05, 4.69) is 0 Å². The van der Waals surface area contributed by atoms with E-state index in [-0.39, 0.29) is 10.8 Å². The molecule has 1 aromatic heterocycles. The number of benzene rings is 1. The molecule has 0 spiro atoms. The molecule has 2 rings (SSSR count). The smallest absolute Gasteiger partial charge is 0.186 e. The molecule has 0 unspecified atom stereocenters. The van der Waals surface area contributed by atoms with Crippen molar-refractivity contribution in [3.63, 3.8) is 0 Å². The summed E-state index contributed by atoms with van der Waals surface area (Å²) in [6.45, 7) is 0. The zero-order valence-electron chi connectivity index (χ0n) is 6.94. The first-order chi connectivity index (χ1) is 6.24. The summed E-state index contributed by atoms with van der Waals surface area (Å²) in [5, 5.41) is 20.2. The highest BCUT2D eigenvalue weighted by Crippen LogP contribution is 2.45. The molecule has 0 atom stereocenters. The zero-order chi connectivity index (χ0) is 9.42. The normalized spacial score (nSPS) is 10.8. The average molecular weight is 212 g/mol. The Morgan fingerprint density at radius 1 is 1.31 bits per heavy atom. The second kappa shape index (κ2) is 3.12. The SMILES string of the molecule is CSc1c(O)sc2c(O)cccc12. The Kier molecular flexibility index (Phi) is 2.09. The summed E-state index contributed by atoms with van der Waals surface area (Å²) in [5.74, 6) is 0.234. The Morgan fingerprint density at radius 3 is 2.77 bits per heavy atom. The van der Waals surface area contributed by atoms with Gasteiger partial charge in [-0.15, -0.1) is 11.8 Å². The van der Waals surface area contributed by atoms with Crippen LogP contribution in [0.4, 0.5) is 0 Å². The third-order valence-electron chi connectivity index (χ3n) is 1.84. The summed E-state index contributed by atoms with van der Waals surface area (Å²) in [6.07, 6.45) is 1.91. The molecule has 4 heteroatoms. The lowest BCUT2D eigenvalue weighted by Gasteiger charge is -1.94. The van der Waals surface area contributed by atoms with Crippen LogP contribution in [0.1, 0.15) is 0 Å². The van der Waals surface area contributed by atoms with Crippen molar-refractivity contribution in [3.05, 3.63) is 18.2 Å². The molecule has 13 heavy (non-hydrogen) atoms. The fraction of sp³-hybridized carbons (Fsp3) is 0.111.